The van der Waals surface area contributed by atoms with Crippen molar-refractivity contribution in [1.29, 1.82) is 0 Å². The maximum atomic E-state index is 11.9. The summed E-state index contributed by atoms with van der Waals surface area (Å²) in [6.07, 6.45) is 5.07. The van der Waals surface area contributed by atoms with Crippen molar-refractivity contribution < 1.29 is 4.79 Å². The Bertz CT molecular complexity index is 450. The monoisotopic (exact) mass is 215 g/mol. The van der Waals surface area contributed by atoms with Crippen molar-refractivity contribution in [3.05, 3.63) is 49.1 Å². The van der Waals surface area contributed by atoms with E-state index in [0.717, 1.165) is 5.69 Å². The van der Waals surface area contributed by atoms with Gasteiger partial charge in [0.15, 0.2) is 0 Å². The second-order valence-electron chi connectivity index (χ2n) is 3.52. The van der Waals surface area contributed by atoms with Crippen LogP contribution in [0.3, 0.4) is 0 Å². The molecule has 2 aromatic rings. The van der Waals surface area contributed by atoms with Crippen LogP contribution in [0.2, 0.25) is 0 Å². The van der Waals surface area contributed by atoms with Gasteiger partial charge in [-0.3, -0.25) is 4.79 Å². The van der Waals surface area contributed by atoms with E-state index >= 15 is 0 Å². The Morgan fingerprint density at radius 1 is 1.38 bits per heavy atom. The maximum absolute atomic E-state index is 11.9. The summed E-state index contributed by atoms with van der Waals surface area (Å²) in [7, 11) is 1.77. The van der Waals surface area contributed by atoms with Crippen LogP contribution >= 0.6 is 0 Å². The number of para-hydroxylation sites is 1. The van der Waals surface area contributed by atoms with E-state index in [0.29, 0.717) is 6.54 Å². The summed E-state index contributed by atoms with van der Waals surface area (Å²) in [5, 5.41) is 0. The largest absolute Gasteiger partial charge is 0.328 e. The van der Waals surface area contributed by atoms with Gasteiger partial charge in [-0.15, -0.1) is 0 Å². The molecule has 0 fully saturated rings. The first-order valence-corrected chi connectivity index (χ1v) is 5.05. The number of rotatable bonds is 3. The van der Waals surface area contributed by atoms with Gasteiger partial charge in [0.2, 0.25) is 5.91 Å². The van der Waals surface area contributed by atoms with E-state index in [-0.39, 0.29) is 5.91 Å². The average molecular weight is 215 g/mol. The Hall–Kier alpha value is -2.10. The van der Waals surface area contributed by atoms with Gasteiger partial charge in [-0.25, -0.2) is 4.98 Å². The lowest BCUT2D eigenvalue weighted by Gasteiger charge is -2.17. The van der Waals surface area contributed by atoms with Gasteiger partial charge in [0.1, 0.15) is 6.54 Å². The van der Waals surface area contributed by atoms with E-state index in [1.165, 1.54) is 0 Å². The van der Waals surface area contributed by atoms with Gasteiger partial charge in [-0.1, -0.05) is 18.2 Å². The Morgan fingerprint density at radius 2 is 2.12 bits per heavy atom. The van der Waals surface area contributed by atoms with Gasteiger partial charge in [-0.2, -0.15) is 0 Å². The number of aromatic nitrogens is 2. The molecule has 0 aliphatic carbocycles. The number of hydrogen-bond donors (Lipinski definition) is 0. The molecule has 0 radical (unpaired) electrons. The smallest absolute Gasteiger partial charge is 0.246 e. The molecule has 1 heterocycles. The third-order valence-corrected chi connectivity index (χ3v) is 2.39. The summed E-state index contributed by atoms with van der Waals surface area (Å²) in [5.41, 5.74) is 0.896. The van der Waals surface area contributed by atoms with Crippen LogP contribution < -0.4 is 4.90 Å². The van der Waals surface area contributed by atoms with E-state index < -0.39 is 0 Å². The number of nitrogens with zero attached hydrogens (tertiary/aromatic N) is 3. The molecule has 0 bridgehead atoms. The standard InChI is InChI=1S/C12H13N3O/c1-14(11-5-3-2-4-6-11)12(16)9-15-8-7-13-10-15/h2-8,10H,9H2,1H3. The number of carbonyl (C=O) groups is 1. The van der Waals surface area contributed by atoms with Gasteiger partial charge < -0.3 is 9.47 Å². The fraction of sp³-hybridized carbons (Fsp3) is 0.167. The van der Waals surface area contributed by atoms with Crippen molar-refractivity contribution in [2.45, 2.75) is 6.54 Å². The first-order valence-electron chi connectivity index (χ1n) is 5.05. The van der Waals surface area contributed by atoms with Crippen LogP contribution in [0, 0.1) is 0 Å². The molecule has 0 saturated heterocycles. The fourth-order valence-electron chi connectivity index (χ4n) is 1.44. The minimum Gasteiger partial charge on any atom is -0.328 e. The van der Waals surface area contributed by atoms with Gasteiger partial charge >= 0.3 is 0 Å². The Kier molecular flexibility index (Phi) is 3.00. The molecular formula is C12H13N3O. The number of carbonyl (C=O) groups excluding carboxylic acids is 1. The minimum absolute atomic E-state index is 0.0317. The van der Waals surface area contributed by atoms with Crippen LogP contribution in [0.4, 0.5) is 5.69 Å². The summed E-state index contributed by atoms with van der Waals surface area (Å²) in [6, 6.07) is 9.57. The van der Waals surface area contributed by atoms with Gasteiger partial charge in [-0.05, 0) is 12.1 Å². The van der Waals surface area contributed by atoms with Crippen LogP contribution in [-0.4, -0.2) is 22.5 Å². The van der Waals surface area contributed by atoms with Crippen molar-refractivity contribution in [3.63, 3.8) is 0 Å². The molecular weight excluding hydrogens is 202 g/mol. The quantitative estimate of drug-likeness (QED) is 0.779. The van der Waals surface area contributed by atoms with Crippen LogP contribution in [0.25, 0.3) is 0 Å². The molecule has 0 N–H and O–H groups in total. The molecule has 0 aliphatic heterocycles. The highest BCUT2D eigenvalue weighted by atomic mass is 16.2. The molecule has 4 heteroatoms. The average Bonchev–Trinajstić information content (AvgIpc) is 2.82. The third kappa shape index (κ3) is 2.28. The highest BCUT2D eigenvalue weighted by Gasteiger charge is 2.10. The zero-order valence-electron chi connectivity index (χ0n) is 9.08. The Balaban J connectivity index is 2.05. The van der Waals surface area contributed by atoms with Gasteiger partial charge in [0, 0.05) is 25.1 Å². The van der Waals surface area contributed by atoms with Crippen molar-refractivity contribution in [2.75, 3.05) is 11.9 Å². The Labute approximate surface area is 94.1 Å². The van der Waals surface area contributed by atoms with Crippen molar-refractivity contribution in [1.82, 2.24) is 9.55 Å². The lowest BCUT2D eigenvalue weighted by molar-refractivity contribution is -0.118. The fourth-order valence-corrected chi connectivity index (χ4v) is 1.44. The van der Waals surface area contributed by atoms with Crippen molar-refractivity contribution in [3.8, 4) is 0 Å². The van der Waals surface area contributed by atoms with Crippen LogP contribution in [-0.2, 0) is 11.3 Å². The predicted octanol–water partition coefficient (Wildman–Crippen LogP) is 1.55. The highest BCUT2D eigenvalue weighted by Crippen LogP contribution is 2.11. The molecule has 1 aromatic heterocycles. The number of anilines is 1. The normalized spacial score (nSPS) is 10.1. The summed E-state index contributed by atoms with van der Waals surface area (Å²) in [4.78, 5) is 17.4. The molecule has 0 saturated carbocycles. The zero-order valence-corrected chi connectivity index (χ0v) is 9.08. The molecule has 1 amide bonds. The second kappa shape index (κ2) is 4.61. The van der Waals surface area contributed by atoms with Gasteiger partial charge in [0.05, 0.1) is 6.33 Å². The molecule has 4 nitrogen and oxygen atoms in total. The maximum Gasteiger partial charge on any atom is 0.246 e. The number of hydrogen-bond acceptors (Lipinski definition) is 2. The van der Waals surface area contributed by atoms with Crippen LogP contribution in [0.1, 0.15) is 0 Å². The lowest BCUT2D eigenvalue weighted by atomic mass is 10.3. The van der Waals surface area contributed by atoms with Crippen molar-refractivity contribution >= 4 is 11.6 Å². The summed E-state index contributed by atoms with van der Waals surface area (Å²) >= 11 is 0. The molecule has 0 atom stereocenters. The van der Waals surface area contributed by atoms with E-state index in [9.17, 15) is 4.79 Å². The van der Waals surface area contributed by atoms with Crippen LogP contribution in [0.15, 0.2) is 49.1 Å². The number of likely N-dealkylation sites (N-methyl/N-ethyl adjacent to an activating group) is 1. The molecule has 16 heavy (non-hydrogen) atoms. The molecule has 0 aliphatic rings. The minimum atomic E-state index is 0.0317. The van der Waals surface area contributed by atoms with Gasteiger partial charge in [0.25, 0.3) is 0 Å². The van der Waals surface area contributed by atoms with Crippen molar-refractivity contribution in [2.24, 2.45) is 0 Å². The van der Waals surface area contributed by atoms with E-state index in [4.69, 9.17) is 0 Å². The molecule has 2 rings (SSSR count). The number of amides is 1. The first kappa shape index (κ1) is 10.4. The predicted molar refractivity (Wildman–Crippen MR) is 62.1 cm³/mol. The first-order chi connectivity index (χ1) is 7.77. The summed E-state index contributed by atoms with van der Waals surface area (Å²) in [5.74, 6) is 0.0317. The molecule has 1 aromatic carbocycles. The number of benzene rings is 1. The SMILES string of the molecule is CN(C(=O)Cn1ccnc1)c1ccccc1. The third-order valence-electron chi connectivity index (χ3n) is 2.39. The summed E-state index contributed by atoms with van der Waals surface area (Å²) < 4.78 is 1.75. The highest BCUT2D eigenvalue weighted by molar-refractivity contribution is 5.92. The van der Waals surface area contributed by atoms with E-state index in [2.05, 4.69) is 4.98 Å². The van der Waals surface area contributed by atoms with Crippen LogP contribution in [0.5, 0.6) is 0 Å². The number of imidazole rings is 1. The van der Waals surface area contributed by atoms with E-state index in [1.54, 1.807) is 35.2 Å². The molecule has 82 valence electrons. The second-order valence-corrected chi connectivity index (χ2v) is 3.52. The van der Waals surface area contributed by atoms with E-state index in [1.807, 2.05) is 30.3 Å². The zero-order chi connectivity index (χ0) is 11.4. The Morgan fingerprint density at radius 3 is 2.75 bits per heavy atom. The topological polar surface area (TPSA) is 38.1 Å². The lowest BCUT2D eigenvalue weighted by Crippen LogP contribution is -2.29. The molecule has 0 spiro atoms. The molecule has 0 unspecified atom stereocenters. The summed E-state index contributed by atoms with van der Waals surface area (Å²) in [6.45, 7) is 0.311.